The van der Waals surface area contributed by atoms with E-state index in [4.69, 9.17) is 16.9 Å². The van der Waals surface area contributed by atoms with E-state index in [1.54, 1.807) is 0 Å². The van der Waals surface area contributed by atoms with Crippen molar-refractivity contribution in [1.82, 2.24) is 4.98 Å². The Hall–Kier alpha value is -2.79. The number of hydrogen-bond acceptors (Lipinski definition) is 5. The van der Waals surface area contributed by atoms with Crippen LogP contribution in [0.4, 0.5) is 24.7 Å². The number of halogens is 4. The van der Waals surface area contributed by atoms with Gasteiger partial charge in [0.25, 0.3) is 0 Å². The molecule has 0 bridgehead atoms. The van der Waals surface area contributed by atoms with Crippen LogP contribution < -0.4 is 10.3 Å². The molecular formula is C17H15ClF3N5. The van der Waals surface area contributed by atoms with Gasteiger partial charge >= 0.3 is 6.18 Å². The molecule has 0 aliphatic carbocycles. The van der Waals surface area contributed by atoms with E-state index in [1.807, 2.05) is 36.2 Å². The molecule has 0 saturated heterocycles. The van der Waals surface area contributed by atoms with Crippen molar-refractivity contribution in [2.75, 3.05) is 23.9 Å². The molecule has 0 saturated carbocycles. The number of nitrogens with zero attached hydrogens (tertiary/aromatic N) is 4. The van der Waals surface area contributed by atoms with Crippen LogP contribution in [0, 0.1) is 11.3 Å². The molecule has 1 aromatic carbocycles. The largest absolute Gasteiger partial charge is 0.417 e. The molecule has 0 aliphatic rings. The van der Waals surface area contributed by atoms with E-state index in [0.717, 1.165) is 17.3 Å². The van der Waals surface area contributed by atoms with Crippen molar-refractivity contribution >= 4 is 29.3 Å². The molecule has 0 atom stereocenters. The molecule has 2 rings (SSSR count). The first-order valence-corrected chi connectivity index (χ1v) is 7.89. The summed E-state index contributed by atoms with van der Waals surface area (Å²) in [5, 5.41) is 12.4. The fourth-order valence-corrected chi connectivity index (χ4v) is 2.21. The van der Waals surface area contributed by atoms with E-state index in [2.05, 4.69) is 21.6 Å². The Balaban J connectivity index is 1.99. The monoisotopic (exact) mass is 381 g/mol. The second-order valence-corrected chi connectivity index (χ2v) is 5.75. The smallest absolute Gasteiger partial charge is 0.374 e. The second kappa shape index (κ2) is 8.54. The van der Waals surface area contributed by atoms with E-state index < -0.39 is 11.7 Å². The zero-order chi connectivity index (χ0) is 19.2. The summed E-state index contributed by atoms with van der Waals surface area (Å²) in [6, 6.07) is 10.3. The Bertz CT molecular complexity index is 813. The summed E-state index contributed by atoms with van der Waals surface area (Å²) in [5.41, 5.74) is 3.33. The minimum Gasteiger partial charge on any atom is -0.374 e. The van der Waals surface area contributed by atoms with Crippen molar-refractivity contribution in [3.63, 3.8) is 0 Å². The molecule has 0 radical (unpaired) electrons. The van der Waals surface area contributed by atoms with Crippen LogP contribution in [0.5, 0.6) is 0 Å². The van der Waals surface area contributed by atoms with E-state index in [9.17, 15) is 13.2 Å². The van der Waals surface area contributed by atoms with Crippen LogP contribution in [0.15, 0.2) is 41.6 Å². The third kappa shape index (κ3) is 5.36. The normalized spacial score (nSPS) is 11.4. The molecule has 0 fully saturated rings. The van der Waals surface area contributed by atoms with Gasteiger partial charge in [0.15, 0.2) is 5.82 Å². The molecular weight excluding hydrogens is 367 g/mol. The van der Waals surface area contributed by atoms with Gasteiger partial charge in [-0.25, -0.2) is 4.98 Å². The number of pyridine rings is 1. The lowest BCUT2D eigenvalue weighted by molar-refractivity contribution is -0.137. The molecule has 1 heterocycles. The van der Waals surface area contributed by atoms with Gasteiger partial charge in [0.05, 0.1) is 29.3 Å². The first kappa shape index (κ1) is 19.5. The van der Waals surface area contributed by atoms with Gasteiger partial charge in [0.1, 0.15) is 0 Å². The highest BCUT2D eigenvalue weighted by molar-refractivity contribution is 6.32. The number of benzene rings is 1. The molecule has 1 N–H and O–H groups in total. The molecule has 1 aromatic heterocycles. The molecule has 5 nitrogen and oxygen atoms in total. The number of rotatable bonds is 6. The highest BCUT2D eigenvalue weighted by Gasteiger charge is 2.31. The fourth-order valence-electron chi connectivity index (χ4n) is 2.00. The minimum atomic E-state index is -4.50. The Labute approximate surface area is 153 Å². The third-order valence-electron chi connectivity index (χ3n) is 3.45. The van der Waals surface area contributed by atoms with Crippen LogP contribution in [-0.4, -0.2) is 24.8 Å². The van der Waals surface area contributed by atoms with Crippen LogP contribution in [0.1, 0.15) is 17.5 Å². The van der Waals surface area contributed by atoms with Crippen molar-refractivity contribution in [2.24, 2.45) is 5.10 Å². The predicted molar refractivity (Wildman–Crippen MR) is 95.4 cm³/mol. The lowest BCUT2D eigenvalue weighted by Gasteiger charge is -2.17. The summed E-state index contributed by atoms with van der Waals surface area (Å²) in [5.74, 6) is 0.0313. The van der Waals surface area contributed by atoms with Gasteiger partial charge in [0.2, 0.25) is 0 Å². The molecule has 0 aliphatic heterocycles. The van der Waals surface area contributed by atoms with Crippen molar-refractivity contribution in [3.8, 4) is 6.07 Å². The maximum Gasteiger partial charge on any atom is 0.417 e. The summed E-state index contributed by atoms with van der Waals surface area (Å²) >= 11 is 5.79. The van der Waals surface area contributed by atoms with E-state index in [-0.39, 0.29) is 10.8 Å². The van der Waals surface area contributed by atoms with Gasteiger partial charge in [-0.2, -0.15) is 23.5 Å². The molecule has 0 unspecified atom stereocenters. The molecule has 0 spiro atoms. The Morgan fingerprint density at radius 2 is 2.04 bits per heavy atom. The number of nitrogens with one attached hydrogen (secondary N) is 1. The van der Waals surface area contributed by atoms with E-state index >= 15 is 0 Å². The summed E-state index contributed by atoms with van der Waals surface area (Å²) in [6.45, 7) is 0.629. The van der Waals surface area contributed by atoms with Crippen LogP contribution >= 0.6 is 11.6 Å². The summed E-state index contributed by atoms with van der Waals surface area (Å²) in [6.07, 6.45) is -1.88. The fraction of sp³-hybridized carbons (Fsp3) is 0.235. The first-order chi connectivity index (χ1) is 12.3. The standard InChI is InChI=1S/C17H15ClF3N5/c1-26(8-2-7-22)14-5-3-12(4-6-14)10-24-25-16-15(18)9-13(11-23-16)17(19,20)21/h3-6,9-11H,2,8H2,1H3,(H,23,25)/b24-10-. The Morgan fingerprint density at radius 1 is 1.35 bits per heavy atom. The molecule has 2 aromatic rings. The predicted octanol–water partition coefficient (Wildman–Crippen LogP) is 4.55. The number of alkyl halides is 3. The number of hydrazone groups is 1. The molecule has 0 amide bonds. The average Bonchev–Trinajstić information content (AvgIpc) is 2.60. The van der Waals surface area contributed by atoms with Crippen molar-refractivity contribution in [2.45, 2.75) is 12.6 Å². The van der Waals surface area contributed by atoms with Crippen molar-refractivity contribution < 1.29 is 13.2 Å². The van der Waals surface area contributed by atoms with Crippen molar-refractivity contribution in [1.29, 1.82) is 5.26 Å². The van der Waals surface area contributed by atoms with Crippen molar-refractivity contribution in [3.05, 3.63) is 52.7 Å². The van der Waals surface area contributed by atoms with E-state index in [0.29, 0.717) is 19.2 Å². The zero-order valence-corrected chi connectivity index (χ0v) is 14.5. The average molecular weight is 382 g/mol. The van der Waals surface area contributed by atoms with Gasteiger partial charge in [0, 0.05) is 25.5 Å². The highest BCUT2D eigenvalue weighted by Crippen LogP contribution is 2.32. The third-order valence-corrected chi connectivity index (χ3v) is 3.73. The SMILES string of the molecule is CN(CCC#N)c1ccc(/C=N\Nc2ncc(C(F)(F)F)cc2Cl)cc1. The molecule has 9 heteroatoms. The van der Waals surface area contributed by atoms with Gasteiger partial charge in [-0.15, -0.1) is 0 Å². The number of nitriles is 1. The minimum absolute atomic E-state index is 0.0313. The zero-order valence-electron chi connectivity index (χ0n) is 13.8. The first-order valence-electron chi connectivity index (χ1n) is 7.51. The van der Waals surface area contributed by atoms with Gasteiger partial charge < -0.3 is 4.90 Å². The number of anilines is 2. The van der Waals surface area contributed by atoms with Gasteiger partial charge in [-0.1, -0.05) is 23.7 Å². The van der Waals surface area contributed by atoms with Crippen LogP contribution in [0.3, 0.4) is 0 Å². The maximum atomic E-state index is 12.6. The Morgan fingerprint density at radius 3 is 2.62 bits per heavy atom. The number of hydrogen-bond donors (Lipinski definition) is 1. The highest BCUT2D eigenvalue weighted by atomic mass is 35.5. The number of aromatic nitrogens is 1. The summed E-state index contributed by atoms with van der Waals surface area (Å²) in [4.78, 5) is 5.58. The van der Waals surface area contributed by atoms with Gasteiger partial charge in [-0.3, -0.25) is 5.43 Å². The summed E-state index contributed by atoms with van der Waals surface area (Å²) < 4.78 is 37.7. The lowest BCUT2D eigenvalue weighted by atomic mass is 10.2. The van der Waals surface area contributed by atoms with Crippen LogP contribution in [-0.2, 0) is 6.18 Å². The quantitative estimate of drug-likeness (QED) is 0.589. The molecule has 26 heavy (non-hydrogen) atoms. The van der Waals surface area contributed by atoms with Gasteiger partial charge in [-0.05, 0) is 23.8 Å². The lowest BCUT2D eigenvalue weighted by Crippen LogP contribution is -2.17. The Kier molecular flexibility index (Phi) is 6.41. The van der Waals surface area contributed by atoms with E-state index in [1.165, 1.54) is 6.21 Å². The topological polar surface area (TPSA) is 64.3 Å². The molecule has 136 valence electrons. The maximum absolute atomic E-state index is 12.6. The van der Waals surface area contributed by atoms with Crippen LogP contribution in [0.2, 0.25) is 5.02 Å². The second-order valence-electron chi connectivity index (χ2n) is 5.34. The van der Waals surface area contributed by atoms with Crippen LogP contribution in [0.25, 0.3) is 0 Å². The summed E-state index contributed by atoms with van der Waals surface area (Å²) in [7, 11) is 1.89.